The quantitative estimate of drug-likeness (QED) is 0.911. The topological polar surface area (TPSA) is 51.2 Å². The molecule has 0 spiro atoms. The van der Waals surface area contributed by atoms with Gasteiger partial charge in [0.15, 0.2) is 11.6 Å². The summed E-state index contributed by atoms with van der Waals surface area (Å²) in [6.45, 7) is 6.60. The number of anilines is 1. The van der Waals surface area contributed by atoms with Gasteiger partial charge in [0.2, 0.25) is 0 Å². The first kappa shape index (κ1) is 14.5. The molecule has 0 radical (unpaired) electrons. The highest BCUT2D eigenvalue weighted by Gasteiger charge is 2.15. The van der Waals surface area contributed by atoms with E-state index in [-0.39, 0.29) is 5.91 Å². The number of carbonyl (C=O) groups is 1. The van der Waals surface area contributed by atoms with Crippen LogP contribution in [-0.2, 0) is 0 Å². The second-order valence-corrected chi connectivity index (χ2v) is 5.57. The highest BCUT2D eigenvalue weighted by atomic mass is 32.1. The molecule has 0 bridgehead atoms. The van der Waals surface area contributed by atoms with Crippen LogP contribution in [0.15, 0.2) is 23.7 Å². The van der Waals surface area contributed by atoms with Gasteiger partial charge < -0.3 is 10.1 Å². The van der Waals surface area contributed by atoms with Gasteiger partial charge in [-0.2, -0.15) is 0 Å². The van der Waals surface area contributed by atoms with Crippen LogP contribution in [-0.4, -0.2) is 17.5 Å². The van der Waals surface area contributed by atoms with Gasteiger partial charge in [0.1, 0.15) is 0 Å². The maximum Gasteiger partial charge on any atom is 0.258 e. The zero-order valence-electron chi connectivity index (χ0n) is 11.9. The molecule has 0 fully saturated rings. The number of hydrogen-bond acceptors (Lipinski definition) is 4. The molecule has 0 aliphatic carbocycles. The highest BCUT2D eigenvalue weighted by Crippen LogP contribution is 2.24. The first-order valence-electron chi connectivity index (χ1n) is 6.57. The number of thiophene rings is 1. The van der Waals surface area contributed by atoms with Gasteiger partial charge >= 0.3 is 0 Å². The number of pyridine rings is 1. The lowest BCUT2D eigenvalue weighted by Gasteiger charge is -2.10. The maximum atomic E-state index is 12.3. The van der Waals surface area contributed by atoms with E-state index in [2.05, 4.69) is 10.3 Å². The Balaban J connectivity index is 2.17. The molecular weight excluding hydrogens is 272 g/mol. The second-order valence-electron chi connectivity index (χ2n) is 4.48. The van der Waals surface area contributed by atoms with Crippen molar-refractivity contribution in [3.63, 3.8) is 0 Å². The van der Waals surface area contributed by atoms with Crippen molar-refractivity contribution in [1.29, 1.82) is 0 Å². The zero-order chi connectivity index (χ0) is 14.5. The monoisotopic (exact) mass is 290 g/mol. The van der Waals surface area contributed by atoms with E-state index >= 15 is 0 Å². The van der Waals surface area contributed by atoms with E-state index in [1.807, 2.05) is 32.2 Å². The number of carbonyl (C=O) groups excluding carboxylic acids is 1. The minimum absolute atomic E-state index is 0.146. The van der Waals surface area contributed by atoms with Crippen LogP contribution in [0.4, 0.5) is 5.82 Å². The van der Waals surface area contributed by atoms with Gasteiger partial charge in [-0.15, -0.1) is 11.3 Å². The predicted octanol–water partition coefficient (Wildman–Crippen LogP) is 3.80. The Morgan fingerprint density at radius 2 is 2.25 bits per heavy atom. The van der Waals surface area contributed by atoms with Crippen LogP contribution in [0.1, 0.15) is 34.1 Å². The SMILES string of the molecule is CCCOc1cccnc1NC(=O)c1csc(C)c1C. The molecule has 0 unspecified atom stereocenters. The summed E-state index contributed by atoms with van der Waals surface area (Å²) >= 11 is 1.58. The van der Waals surface area contributed by atoms with E-state index in [9.17, 15) is 4.79 Å². The van der Waals surface area contributed by atoms with Crippen LogP contribution in [0.2, 0.25) is 0 Å². The number of amides is 1. The molecule has 2 aromatic rings. The van der Waals surface area contributed by atoms with Crippen LogP contribution in [0.3, 0.4) is 0 Å². The van der Waals surface area contributed by atoms with Gasteiger partial charge in [0.25, 0.3) is 5.91 Å². The number of aromatic nitrogens is 1. The normalized spacial score (nSPS) is 10.3. The van der Waals surface area contributed by atoms with Crippen molar-refractivity contribution in [2.75, 3.05) is 11.9 Å². The minimum atomic E-state index is -0.146. The Kier molecular flexibility index (Phi) is 4.74. The Hall–Kier alpha value is -1.88. The van der Waals surface area contributed by atoms with Crippen LogP contribution < -0.4 is 10.1 Å². The van der Waals surface area contributed by atoms with Crippen molar-refractivity contribution in [2.24, 2.45) is 0 Å². The van der Waals surface area contributed by atoms with Crippen LogP contribution in [0, 0.1) is 13.8 Å². The molecule has 0 saturated heterocycles. The van der Waals surface area contributed by atoms with E-state index in [1.165, 1.54) is 0 Å². The van der Waals surface area contributed by atoms with Gasteiger partial charge in [-0.3, -0.25) is 4.79 Å². The van der Waals surface area contributed by atoms with Gasteiger partial charge in [-0.05, 0) is 38.0 Å². The van der Waals surface area contributed by atoms with Crippen molar-refractivity contribution in [3.8, 4) is 5.75 Å². The molecule has 1 N–H and O–H groups in total. The lowest BCUT2D eigenvalue weighted by Crippen LogP contribution is -2.14. The average molecular weight is 290 g/mol. The molecular formula is C15H18N2O2S. The van der Waals surface area contributed by atoms with E-state index in [0.717, 1.165) is 16.9 Å². The van der Waals surface area contributed by atoms with Gasteiger partial charge in [0.05, 0.1) is 12.2 Å². The molecule has 20 heavy (non-hydrogen) atoms. The molecule has 0 aliphatic rings. The Labute approximate surface area is 122 Å². The first-order valence-corrected chi connectivity index (χ1v) is 7.45. The third-order valence-electron chi connectivity index (χ3n) is 2.99. The standard InChI is InChI=1S/C15H18N2O2S/c1-4-8-19-13-6-5-7-16-14(13)17-15(18)12-9-20-11(3)10(12)2/h5-7,9H,4,8H2,1-3H3,(H,16,17,18). The Morgan fingerprint density at radius 1 is 1.45 bits per heavy atom. The summed E-state index contributed by atoms with van der Waals surface area (Å²) in [7, 11) is 0. The maximum absolute atomic E-state index is 12.3. The molecule has 4 nitrogen and oxygen atoms in total. The summed E-state index contributed by atoms with van der Waals surface area (Å²) in [6, 6.07) is 3.60. The first-order chi connectivity index (χ1) is 9.63. The summed E-state index contributed by atoms with van der Waals surface area (Å²) in [4.78, 5) is 17.6. The van der Waals surface area contributed by atoms with Crippen LogP contribution in [0.25, 0.3) is 0 Å². The predicted molar refractivity (Wildman–Crippen MR) is 81.8 cm³/mol. The van der Waals surface area contributed by atoms with E-state index in [0.29, 0.717) is 23.7 Å². The molecule has 2 aromatic heterocycles. The number of ether oxygens (including phenoxy) is 1. The third-order valence-corrected chi connectivity index (χ3v) is 4.01. The summed E-state index contributed by atoms with van der Waals surface area (Å²) < 4.78 is 5.58. The Morgan fingerprint density at radius 3 is 2.90 bits per heavy atom. The lowest BCUT2D eigenvalue weighted by atomic mass is 10.1. The van der Waals surface area contributed by atoms with Crippen molar-refractivity contribution in [2.45, 2.75) is 27.2 Å². The van der Waals surface area contributed by atoms with E-state index in [1.54, 1.807) is 23.6 Å². The molecule has 2 rings (SSSR count). The summed E-state index contributed by atoms with van der Waals surface area (Å²) in [6.07, 6.45) is 2.55. The molecule has 0 atom stereocenters. The third kappa shape index (κ3) is 3.17. The van der Waals surface area contributed by atoms with Gasteiger partial charge in [-0.1, -0.05) is 6.92 Å². The summed E-state index contributed by atoms with van der Waals surface area (Å²) in [5.74, 6) is 0.924. The molecule has 106 valence electrons. The molecule has 1 amide bonds. The van der Waals surface area contributed by atoms with Crippen LogP contribution >= 0.6 is 11.3 Å². The Bertz CT molecular complexity index is 608. The number of rotatable bonds is 5. The van der Waals surface area contributed by atoms with Crippen molar-refractivity contribution < 1.29 is 9.53 Å². The minimum Gasteiger partial charge on any atom is -0.490 e. The fraction of sp³-hybridized carbons (Fsp3) is 0.333. The number of nitrogens with zero attached hydrogens (tertiary/aromatic N) is 1. The van der Waals surface area contributed by atoms with E-state index in [4.69, 9.17) is 4.74 Å². The fourth-order valence-corrected chi connectivity index (χ4v) is 2.59. The van der Waals surface area contributed by atoms with Gasteiger partial charge in [0, 0.05) is 16.5 Å². The van der Waals surface area contributed by atoms with Crippen molar-refractivity contribution >= 4 is 23.1 Å². The number of hydrogen-bond donors (Lipinski definition) is 1. The van der Waals surface area contributed by atoms with Crippen LogP contribution in [0.5, 0.6) is 5.75 Å². The zero-order valence-corrected chi connectivity index (χ0v) is 12.7. The number of nitrogens with one attached hydrogen (secondary N) is 1. The largest absolute Gasteiger partial charge is 0.490 e. The van der Waals surface area contributed by atoms with E-state index < -0.39 is 0 Å². The van der Waals surface area contributed by atoms with Crippen molar-refractivity contribution in [1.82, 2.24) is 4.98 Å². The summed E-state index contributed by atoms with van der Waals surface area (Å²) in [5, 5.41) is 4.69. The molecule has 0 aliphatic heterocycles. The molecule has 2 heterocycles. The average Bonchev–Trinajstić information content (AvgIpc) is 2.78. The highest BCUT2D eigenvalue weighted by molar-refractivity contribution is 7.10. The smallest absolute Gasteiger partial charge is 0.258 e. The molecule has 5 heteroatoms. The van der Waals surface area contributed by atoms with Crippen molar-refractivity contribution in [3.05, 3.63) is 39.7 Å². The second kappa shape index (κ2) is 6.52. The molecule has 0 saturated carbocycles. The fourth-order valence-electron chi connectivity index (χ4n) is 1.73. The van der Waals surface area contributed by atoms with Gasteiger partial charge in [-0.25, -0.2) is 4.98 Å². The number of aryl methyl sites for hydroxylation is 1. The lowest BCUT2D eigenvalue weighted by molar-refractivity contribution is 0.102. The molecule has 0 aromatic carbocycles. The summed E-state index contributed by atoms with van der Waals surface area (Å²) in [5.41, 5.74) is 1.71.